The van der Waals surface area contributed by atoms with Crippen LogP contribution in [0.5, 0.6) is 0 Å². The fourth-order valence-electron chi connectivity index (χ4n) is 1.73. The largest absolute Gasteiger partial charge is 0.416 e. The fraction of sp³-hybridized carbons (Fsp3) is 0.250. The van der Waals surface area contributed by atoms with E-state index in [1.165, 1.54) is 0 Å². The lowest BCUT2D eigenvalue weighted by Gasteiger charge is -2.25. The number of nitrogens with zero attached hydrogens (tertiary/aromatic N) is 1. The lowest BCUT2D eigenvalue weighted by atomic mass is 10.2. The van der Waals surface area contributed by atoms with Crippen LogP contribution in [0.25, 0.3) is 0 Å². The number of urea groups is 1. The molecule has 21 heavy (non-hydrogen) atoms. The zero-order chi connectivity index (χ0) is 15.6. The van der Waals surface area contributed by atoms with Gasteiger partial charge in [-0.3, -0.25) is 14.9 Å². The minimum Gasteiger partial charge on any atom is -0.308 e. The van der Waals surface area contributed by atoms with Crippen molar-refractivity contribution in [2.75, 3.05) is 18.4 Å². The molecule has 1 fully saturated rings. The molecule has 1 aromatic rings. The Morgan fingerprint density at radius 3 is 2.10 bits per heavy atom. The van der Waals surface area contributed by atoms with Crippen molar-refractivity contribution in [1.82, 2.24) is 10.2 Å². The fourth-order valence-corrected chi connectivity index (χ4v) is 1.73. The Balaban J connectivity index is 2.02. The van der Waals surface area contributed by atoms with Crippen molar-refractivity contribution in [1.29, 1.82) is 0 Å². The molecule has 0 unspecified atom stereocenters. The van der Waals surface area contributed by atoms with E-state index >= 15 is 0 Å². The monoisotopic (exact) mass is 301 g/mol. The number of amides is 4. The maximum absolute atomic E-state index is 12.4. The quantitative estimate of drug-likeness (QED) is 0.765. The zero-order valence-corrected chi connectivity index (χ0v) is 10.5. The highest BCUT2D eigenvalue weighted by Gasteiger charge is 2.30. The number of carbonyl (C=O) groups is 3. The second-order valence-electron chi connectivity index (χ2n) is 4.33. The van der Waals surface area contributed by atoms with Crippen molar-refractivity contribution >= 4 is 23.5 Å². The maximum atomic E-state index is 12.4. The summed E-state index contributed by atoms with van der Waals surface area (Å²) in [6, 6.07) is 3.09. The third-order valence-electron chi connectivity index (χ3n) is 2.70. The molecule has 2 N–H and O–H groups in total. The normalized spacial score (nSPS) is 15.7. The van der Waals surface area contributed by atoms with Gasteiger partial charge >= 0.3 is 12.2 Å². The molecule has 0 aliphatic carbocycles. The molecule has 0 aromatic heterocycles. The third-order valence-corrected chi connectivity index (χ3v) is 2.70. The van der Waals surface area contributed by atoms with E-state index in [2.05, 4.69) is 5.32 Å². The maximum Gasteiger partial charge on any atom is 0.416 e. The van der Waals surface area contributed by atoms with Crippen LogP contribution < -0.4 is 10.6 Å². The number of imide groups is 1. The lowest BCUT2D eigenvalue weighted by molar-refractivity contribution is -0.138. The van der Waals surface area contributed by atoms with Crippen molar-refractivity contribution in [2.45, 2.75) is 6.18 Å². The zero-order valence-electron chi connectivity index (χ0n) is 10.5. The van der Waals surface area contributed by atoms with E-state index in [0.717, 1.165) is 29.2 Å². The first-order valence-electron chi connectivity index (χ1n) is 5.81. The smallest absolute Gasteiger partial charge is 0.308 e. The molecule has 1 heterocycles. The molecule has 1 saturated heterocycles. The van der Waals surface area contributed by atoms with Crippen LogP contribution in [0.3, 0.4) is 0 Å². The summed E-state index contributed by atoms with van der Waals surface area (Å²) in [5.41, 5.74) is -0.709. The summed E-state index contributed by atoms with van der Waals surface area (Å²) in [7, 11) is 0. The Labute approximate surface area is 116 Å². The van der Waals surface area contributed by atoms with Gasteiger partial charge in [0.25, 0.3) is 0 Å². The van der Waals surface area contributed by atoms with Crippen molar-refractivity contribution in [3.63, 3.8) is 0 Å². The number of rotatable bonds is 1. The van der Waals surface area contributed by atoms with Crippen molar-refractivity contribution in [2.24, 2.45) is 0 Å². The van der Waals surface area contributed by atoms with Gasteiger partial charge in [-0.25, -0.2) is 4.79 Å². The molecular formula is C12H10F3N3O3. The topological polar surface area (TPSA) is 78.5 Å². The molecule has 1 aliphatic heterocycles. The van der Waals surface area contributed by atoms with Gasteiger partial charge in [0, 0.05) is 5.69 Å². The molecule has 1 aliphatic rings. The number of hydrogen-bond donors (Lipinski definition) is 2. The summed E-state index contributed by atoms with van der Waals surface area (Å²) in [6.07, 6.45) is -4.46. The van der Waals surface area contributed by atoms with E-state index in [-0.39, 0.29) is 18.8 Å². The van der Waals surface area contributed by atoms with Gasteiger partial charge in [0.05, 0.1) is 5.56 Å². The number of nitrogens with one attached hydrogen (secondary N) is 2. The van der Waals surface area contributed by atoms with Gasteiger partial charge in [-0.2, -0.15) is 13.2 Å². The molecule has 1 aromatic carbocycles. The Morgan fingerprint density at radius 2 is 1.62 bits per heavy atom. The second-order valence-corrected chi connectivity index (χ2v) is 4.33. The Hall–Kier alpha value is -2.58. The lowest BCUT2D eigenvalue weighted by Crippen LogP contribution is -2.54. The molecular weight excluding hydrogens is 291 g/mol. The van der Waals surface area contributed by atoms with Gasteiger partial charge in [0.15, 0.2) is 0 Å². The minimum absolute atomic E-state index is 0.131. The number of carbonyl (C=O) groups excluding carboxylic acids is 3. The van der Waals surface area contributed by atoms with E-state index in [0.29, 0.717) is 0 Å². The van der Waals surface area contributed by atoms with E-state index in [1.54, 1.807) is 0 Å². The molecule has 0 radical (unpaired) electrons. The van der Waals surface area contributed by atoms with Gasteiger partial charge in [-0.15, -0.1) is 0 Å². The van der Waals surface area contributed by atoms with E-state index in [4.69, 9.17) is 0 Å². The predicted octanol–water partition coefficient (Wildman–Crippen LogP) is 1.20. The van der Waals surface area contributed by atoms with Gasteiger partial charge in [-0.05, 0) is 24.3 Å². The summed E-state index contributed by atoms with van der Waals surface area (Å²) >= 11 is 0. The van der Waals surface area contributed by atoms with Crippen molar-refractivity contribution in [3.05, 3.63) is 29.8 Å². The molecule has 9 heteroatoms. The van der Waals surface area contributed by atoms with Crippen LogP contribution in [-0.2, 0) is 15.8 Å². The predicted molar refractivity (Wildman–Crippen MR) is 65.2 cm³/mol. The Bertz CT molecular complexity index is 568. The summed E-state index contributed by atoms with van der Waals surface area (Å²) in [5, 5.41) is 4.35. The average Bonchev–Trinajstić information content (AvgIpc) is 2.37. The highest BCUT2D eigenvalue weighted by molar-refractivity contribution is 6.04. The van der Waals surface area contributed by atoms with Crippen LogP contribution in [0.2, 0.25) is 0 Å². The van der Waals surface area contributed by atoms with Crippen LogP contribution >= 0.6 is 0 Å². The van der Waals surface area contributed by atoms with Crippen LogP contribution in [0.15, 0.2) is 24.3 Å². The third kappa shape index (κ3) is 3.71. The number of hydrogen-bond acceptors (Lipinski definition) is 3. The van der Waals surface area contributed by atoms with Gasteiger partial charge in [-0.1, -0.05) is 0 Å². The van der Waals surface area contributed by atoms with Crippen molar-refractivity contribution < 1.29 is 27.6 Å². The Kier molecular flexibility index (Phi) is 3.83. The molecule has 2 rings (SSSR count). The van der Waals surface area contributed by atoms with E-state index in [9.17, 15) is 27.6 Å². The Morgan fingerprint density at radius 1 is 1.10 bits per heavy atom. The van der Waals surface area contributed by atoms with Crippen LogP contribution in [0, 0.1) is 0 Å². The minimum atomic E-state index is -4.46. The first-order chi connectivity index (χ1) is 9.75. The molecule has 112 valence electrons. The molecule has 4 amide bonds. The number of halogens is 3. The van der Waals surface area contributed by atoms with Crippen LogP contribution in [0.4, 0.5) is 23.7 Å². The van der Waals surface area contributed by atoms with Gasteiger partial charge in [0.2, 0.25) is 11.8 Å². The van der Waals surface area contributed by atoms with Gasteiger partial charge < -0.3 is 10.2 Å². The van der Waals surface area contributed by atoms with Gasteiger partial charge in [0.1, 0.15) is 13.1 Å². The molecule has 0 spiro atoms. The first kappa shape index (κ1) is 14.8. The van der Waals surface area contributed by atoms with Crippen LogP contribution in [-0.4, -0.2) is 35.8 Å². The van der Waals surface area contributed by atoms with Crippen molar-refractivity contribution in [3.8, 4) is 0 Å². The molecule has 0 bridgehead atoms. The summed E-state index contributed by atoms with van der Waals surface area (Å²) in [4.78, 5) is 35.0. The number of piperazine rings is 1. The number of alkyl halides is 3. The van der Waals surface area contributed by atoms with Crippen LogP contribution in [0.1, 0.15) is 5.56 Å². The number of anilines is 1. The number of benzene rings is 1. The standard InChI is InChI=1S/C12H10F3N3O3/c13-12(14,15)7-1-3-8(4-2-7)16-11(21)18-5-9(19)17-10(20)6-18/h1-4H,5-6H2,(H,16,21)(H,17,19,20). The molecule has 0 saturated carbocycles. The molecule has 0 atom stereocenters. The first-order valence-corrected chi connectivity index (χ1v) is 5.81. The van der Waals surface area contributed by atoms with E-state index < -0.39 is 29.6 Å². The highest BCUT2D eigenvalue weighted by atomic mass is 19.4. The van der Waals surface area contributed by atoms with E-state index in [1.807, 2.05) is 5.32 Å². The molecule has 6 nitrogen and oxygen atoms in total. The second kappa shape index (κ2) is 5.43. The summed E-state index contributed by atoms with van der Waals surface area (Å²) in [6.45, 7) is -0.587. The average molecular weight is 301 g/mol. The highest BCUT2D eigenvalue weighted by Crippen LogP contribution is 2.29. The SMILES string of the molecule is O=C1CN(C(=O)Nc2ccc(C(F)(F)F)cc2)CC(=O)N1. The summed E-state index contributed by atoms with van der Waals surface area (Å²) < 4.78 is 37.1. The summed E-state index contributed by atoms with van der Waals surface area (Å²) in [5.74, 6) is -1.23.